The van der Waals surface area contributed by atoms with Gasteiger partial charge in [0.25, 0.3) is 0 Å². The number of fused-ring (bicyclic) bond motifs is 5. The predicted octanol–water partition coefficient (Wildman–Crippen LogP) is 4.63. The molecule has 4 saturated carbocycles. The molecule has 9 heteroatoms. The van der Waals surface area contributed by atoms with Crippen molar-refractivity contribution >= 4 is 80.4 Å². The summed E-state index contributed by atoms with van der Waals surface area (Å²) in [4.78, 5) is 11.3. The Balaban J connectivity index is 0.000000671. The molecule has 0 bridgehead atoms. The quantitative estimate of drug-likeness (QED) is 0.361. The molecule has 32 heavy (non-hydrogen) atoms. The average Bonchev–Trinajstić information content (AvgIpc) is 3.08. The topological polar surface area (TPSA) is 77.8 Å². The molecule has 3 N–H and O–H groups in total. The number of rotatable bonds is 3. The van der Waals surface area contributed by atoms with Crippen LogP contribution >= 0.6 is 74.5 Å². The average molecular weight is 1010 g/mol. The van der Waals surface area contributed by atoms with Crippen LogP contribution in [0.2, 0.25) is 0 Å². The molecule has 0 amide bonds. The summed E-state index contributed by atoms with van der Waals surface area (Å²) in [7, 11) is 0. The van der Waals surface area contributed by atoms with Crippen molar-refractivity contribution in [2.45, 2.75) is 90.8 Å². The fourth-order valence-electron chi connectivity index (χ4n) is 8.59. The Kier molecular flexibility index (Phi) is 13.4. The first-order valence-electron chi connectivity index (χ1n) is 11.7. The van der Waals surface area contributed by atoms with Gasteiger partial charge in [-0.05, 0) is 97.7 Å². The number of carboxylic acids is 1. The van der Waals surface area contributed by atoms with Crippen molar-refractivity contribution < 1.29 is 33.4 Å². The molecule has 0 saturated heterocycles. The predicted molar refractivity (Wildman–Crippen MR) is 160 cm³/mol. The van der Waals surface area contributed by atoms with Gasteiger partial charge >= 0.3 is 56.5 Å². The van der Waals surface area contributed by atoms with Gasteiger partial charge in [-0.25, -0.2) is 0 Å². The number of hydrogen-bond acceptors (Lipinski definition) is 3. The van der Waals surface area contributed by atoms with Crippen molar-refractivity contribution in [2.24, 2.45) is 46.3 Å². The van der Waals surface area contributed by atoms with Crippen LogP contribution in [0.15, 0.2) is 0 Å². The molecule has 0 radical (unpaired) electrons. The summed E-state index contributed by atoms with van der Waals surface area (Å²) in [6, 6.07) is 0. The van der Waals surface area contributed by atoms with Gasteiger partial charge in [-0.3, -0.25) is 4.79 Å². The van der Waals surface area contributed by atoms with E-state index in [0.29, 0.717) is 42.8 Å². The number of hydrogen-bond donors (Lipinski definition) is 3. The molecule has 0 aliphatic heterocycles. The molecular formula is C23H38I5O4-. The van der Waals surface area contributed by atoms with E-state index in [1.54, 1.807) is 0 Å². The first-order chi connectivity index (χ1) is 15.1. The summed E-state index contributed by atoms with van der Waals surface area (Å²) in [5.74, 6) is 1.89. The van der Waals surface area contributed by atoms with Crippen LogP contribution in [0.1, 0.15) is 78.6 Å². The van der Waals surface area contributed by atoms with Gasteiger partial charge in [0.05, 0.1) is 12.2 Å². The summed E-state index contributed by atoms with van der Waals surface area (Å²) in [6.07, 6.45) is 8.12. The van der Waals surface area contributed by atoms with E-state index < -0.39 is 5.97 Å². The first kappa shape index (κ1) is 31.3. The Hall–Kier alpha value is 3.04. The molecule has 0 heterocycles. The van der Waals surface area contributed by atoms with E-state index in [2.05, 4.69) is 95.2 Å². The second-order valence-corrected chi connectivity index (χ2v) is 27.3. The van der Waals surface area contributed by atoms with Crippen molar-refractivity contribution in [2.75, 3.05) is 0 Å². The molecule has 4 unspecified atom stereocenters. The molecule has 4 aliphatic rings. The van der Waals surface area contributed by atoms with E-state index in [-0.39, 0.29) is 35.4 Å². The SMILES string of the molecule is CC(CC(=O)O)[C@H]1CCC2[C@H]3C(CC[C@@]21C)[C@@]1(C)CCC(O)C[C@H]1C[C@@H]3O.II.I[I-]I. The van der Waals surface area contributed by atoms with Crippen molar-refractivity contribution in [3.05, 3.63) is 0 Å². The molecule has 4 rings (SSSR count). The zero-order valence-corrected chi connectivity index (χ0v) is 29.9. The van der Waals surface area contributed by atoms with Crippen LogP contribution in [-0.2, 0) is 4.79 Å². The summed E-state index contributed by atoms with van der Waals surface area (Å²) in [6.45, 7) is 6.96. The van der Waals surface area contributed by atoms with Gasteiger partial charge in [-0.2, -0.15) is 0 Å². The third kappa shape index (κ3) is 6.54. The number of aliphatic hydroxyl groups is 2. The fourth-order valence-corrected chi connectivity index (χ4v) is 8.59. The summed E-state index contributed by atoms with van der Waals surface area (Å²) >= 11 is 9.54. The Morgan fingerprint density at radius 3 is 2.16 bits per heavy atom. The van der Waals surface area contributed by atoms with Crippen LogP contribution in [0.3, 0.4) is 0 Å². The Morgan fingerprint density at radius 1 is 1.00 bits per heavy atom. The summed E-state index contributed by atoms with van der Waals surface area (Å²) in [5.41, 5.74) is 0.434. The van der Waals surface area contributed by atoms with Crippen LogP contribution in [0.25, 0.3) is 0 Å². The van der Waals surface area contributed by atoms with Crippen LogP contribution in [0, 0.1) is 46.3 Å². The molecule has 4 aliphatic carbocycles. The maximum atomic E-state index is 11.3. The molecular weight excluding hydrogens is 975 g/mol. The fraction of sp³-hybridized carbons (Fsp3) is 0.957. The maximum absolute atomic E-state index is 11.3. The number of carbonyl (C=O) groups is 1. The van der Waals surface area contributed by atoms with Crippen molar-refractivity contribution in [1.82, 2.24) is 0 Å². The minimum absolute atomic E-state index is 0.175. The van der Waals surface area contributed by atoms with E-state index in [1.165, 1.54) is 6.42 Å². The molecule has 4 nitrogen and oxygen atoms in total. The van der Waals surface area contributed by atoms with Crippen molar-refractivity contribution in [3.63, 3.8) is 0 Å². The number of aliphatic hydroxyl groups excluding tert-OH is 2. The third-order valence-electron chi connectivity index (χ3n) is 9.91. The first-order valence-corrected chi connectivity index (χ1v) is 30.5. The standard InChI is InChI=1S/C23H38O4.I3.I2/c1-13(10-20(26)27)16-4-5-17-21-18(7-9-23(16,17)3)22(2)8-6-15(24)11-14(22)12-19(21)25;1-3-2;1-2/h13-19,21,24-25H,4-12H2,1-3H3,(H,26,27);;/q;-1;/t13?,14-,15?,16+,17?,18?,19-,21-,22-,23+;;/m0../s1. The summed E-state index contributed by atoms with van der Waals surface area (Å²) < 4.78 is 0. The molecule has 0 aromatic rings. The molecule has 190 valence electrons. The van der Waals surface area contributed by atoms with Crippen LogP contribution < -0.4 is 13.3 Å². The van der Waals surface area contributed by atoms with Gasteiger partial charge in [-0.1, -0.05) is 20.8 Å². The van der Waals surface area contributed by atoms with Crippen molar-refractivity contribution in [3.8, 4) is 0 Å². The molecule has 0 aromatic heterocycles. The van der Waals surface area contributed by atoms with Crippen LogP contribution in [-0.4, -0.2) is 33.5 Å². The van der Waals surface area contributed by atoms with E-state index >= 15 is 0 Å². The zero-order chi connectivity index (χ0) is 24.3. The van der Waals surface area contributed by atoms with Gasteiger partial charge in [-0.15, -0.1) is 0 Å². The summed E-state index contributed by atoms with van der Waals surface area (Å²) in [5, 5.41) is 30.7. The van der Waals surface area contributed by atoms with E-state index in [9.17, 15) is 20.1 Å². The van der Waals surface area contributed by atoms with Gasteiger partial charge < -0.3 is 15.3 Å². The van der Waals surface area contributed by atoms with Crippen LogP contribution in [0.5, 0.6) is 0 Å². The van der Waals surface area contributed by atoms with Gasteiger partial charge in [0.1, 0.15) is 0 Å². The number of halogens is 5. The van der Waals surface area contributed by atoms with Crippen molar-refractivity contribution in [1.29, 1.82) is 0 Å². The zero-order valence-electron chi connectivity index (χ0n) is 19.1. The van der Waals surface area contributed by atoms with Crippen LogP contribution in [0.4, 0.5) is 0 Å². The second-order valence-electron chi connectivity index (χ2n) is 11.1. The number of aliphatic carboxylic acids is 1. The number of carboxylic acid groups (broad SMARTS) is 1. The normalized spacial score (nSPS) is 45.7. The minimum atomic E-state index is -0.683. The molecule has 4 fully saturated rings. The molecule has 0 spiro atoms. The Bertz CT molecular complexity index is 625. The van der Waals surface area contributed by atoms with E-state index in [4.69, 9.17) is 0 Å². The monoisotopic (exact) mass is 1010 g/mol. The van der Waals surface area contributed by atoms with Gasteiger partial charge in [0.15, 0.2) is 0 Å². The van der Waals surface area contributed by atoms with Gasteiger partial charge in [0.2, 0.25) is 0 Å². The Morgan fingerprint density at radius 2 is 1.56 bits per heavy atom. The van der Waals surface area contributed by atoms with E-state index in [1.807, 2.05) is 0 Å². The Labute approximate surface area is 247 Å². The van der Waals surface area contributed by atoms with E-state index in [0.717, 1.165) is 44.9 Å². The van der Waals surface area contributed by atoms with Gasteiger partial charge in [0, 0.05) is 43.7 Å². The third-order valence-corrected chi connectivity index (χ3v) is 9.91. The second kappa shape index (κ2) is 13.7. The molecule has 10 atom stereocenters. The molecule has 0 aromatic carbocycles.